The zero-order valence-corrected chi connectivity index (χ0v) is 11.6. The molecule has 1 nitrogen and oxygen atoms in total. The van der Waals surface area contributed by atoms with Gasteiger partial charge in [0.2, 0.25) is 0 Å². The van der Waals surface area contributed by atoms with Gasteiger partial charge in [-0.1, -0.05) is 29.3 Å². The Balaban J connectivity index is 2.19. The van der Waals surface area contributed by atoms with Gasteiger partial charge >= 0.3 is 0 Å². The van der Waals surface area contributed by atoms with Crippen molar-refractivity contribution in [3.8, 4) is 0 Å². The molecule has 1 aliphatic rings. The third kappa shape index (κ3) is 2.04. The average molecular weight is 296 g/mol. The Bertz CT molecular complexity index is 657. The molecular weight excluding hydrogens is 284 g/mol. The summed E-state index contributed by atoms with van der Waals surface area (Å²) >= 11 is 12.3. The van der Waals surface area contributed by atoms with Crippen LogP contribution in [0.3, 0.4) is 0 Å². The molecule has 3 rings (SSSR count). The number of halogens is 3. The summed E-state index contributed by atoms with van der Waals surface area (Å²) in [6, 6.07) is 10.00. The Hall–Kier alpha value is -1.09. The zero-order chi connectivity index (χ0) is 13.6. The van der Waals surface area contributed by atoms with Crippen molar-refractivity contribution in [3.63, 3.8) is 0 Å². The molecule has 0 radical (unpaired) electrons. The first-order valence-corrected chi connectivity index (χ1v) is 6.79. The topological polar surface area (TPSA) is 26.0 Å². The molecule has 19 heavy (non-hydrogen) atoms. The van der Waals surface area contributed by atoms with E-state index in [-0.39, 0.29) is 5.82 Å². The fourth-order valence-corrected chi connectivity index (χ4v) is 3.25. The second-order valence-corrected chi connectivity index (χ2v) is 5.74. The molecule has 1 unspecified atom stereocenters. The minimum Gasteiger partial charge on any atom is -0.318 e. The second kappa shape index (κ2) is 4.48. The molecule has 1 atom stereocenters. The van der Waals surface area contributed by atoms with Gasteiger partial charge in [-0.05, 0) is 59.9 Å². The predicted octanol–water partition coefficient (Wildman–Crippen LogP) is 4.28. The molecule has 98 valence electrons. The molecule has 0 aliphatic heterocycles. The van der Waals surface area contributed by atoms with Crippen molar-refractivity contribution in [2.24, 2.45) is 5.73 Å². The van der Waals surface area contributed by atoms with Crippen LogP contribution in [0.1, 0.15) is 23.1 Å². The van der Waals surface area contributed by atoms with E-state index in [1.807, 2.05) is 0 Å². The molecule has 4 heteroatoms. The maximum Gasteiger partial charge on any atom is 0.123 e. The Morgan fingerprint density at radius 3 is 2.63 bits per heavy atom. The lowest BCUT2D eigenvalue weighted by Crippen LogP contribution is -2.35. The lowest BCUT2D eigenvalue weighted by Gasteiger charge is -2.27. The van der Waals surface area contributed by atoms with Gasteiger partial charge in [0.15, 0.2) is 0 Å². The number of aryl methyl sites for hydroxylation is 1. The predicted molar refractivity (Wildman–Crippen MR) is 76.2 cm³/mol. The third-order valence-corrected chi connectivity index (χ3v) is 4.31. The van der Waals surface area contributed by atoms with E-state index >= 15 is 0 Å². The monoisotopic (exact) mass is 295 g/mol. The van der Waals surface area contributed by atoms with Crippen molar-refractivity contribution in [1.82, 2.24) is 0 Å². The lowest BCUT2D eigenvalue weighted by atomic mass is 9.85. The number of benzene rings is 2. The number of rotatable bonds is 1. The van der Waals surface area contributed by atoms with E-state index in [0.29, 0.717) is 16.5 Å². The van der Waals surface area contributed by atoms with Crippen molar-refractivity contribution in [2.45, 2.75) is 18.4 Å². The van der Waals surface area contributed by atoms with Crippen LogP contribution in [0.2, 0.25) is 10.0 Å². The van der Waals surface area contributed by atoms with Crippen molar-refractivity contribution >= 4 is 23.2 Å². The highest BCUT2D eigenvalue weighted by Crippen LogP contribution is 2.43. The van der Waals surface area contributed by atoms with Gasteiger partial charge in [0.05, 0.1) is 5.54 Å². The van der Waals surface area contributed by atoms with Gasteiger partial charge in [-0.3, -0.25) is 0 Å². The van der Waals surface area contributed by atoms with Crippen LogP contribution in [-0.2, 0) is 12.0 Å². The first-order chi connectivity index (χ1) is 9.00. The Kier molecular flexibility index (Phi) is 3.05. The number of hydrogen-bond acceptors (Lipinski definition) is 1. The minimum absolute atomic E-state index is 0.236. The summed E-state index contributed by atoms with van der Waals surface area (Å²) in [5.74, 6) is -0.236. The molecular formula is C15H12Cl2FN. The molecule has 2 aromatic carbocycles. The van der Waals surface area contributed by atoms with Crippen LogP contribution in [0.5, 0.6) is 0 Å². The number of hydrogen-bond donors (Lipinski definition) is 1. The molecule has 0 saturated heterocycles. The summed E-state index contributed by atoms with van der Waals surface area (Å²) in [7, 11) is 0. The SMILES string of the molecule is NC1(c2cc(Cl)ccc2Cl)CCc2cc(F)ccc21. The zero-order valence-electron chi connectivity index (χ0n) is 10.1. The smallest absolute Gasteiger partial charge is 0.123 e. The fourth-order valence-electron chi connectivity index (χ4n) is 2.79. The summed E-state index contributed by atoms with van der Waals surface area (Å²) in [5.41, 5.74) is 8.53. The van der Waals surface area contributed by atoms with Crippen molar-refractivity contribution < 1.29 is 4.39 Å². The quantitative estimate of drug-likeness (QED) is 0.835. The van der Waals surface area contributed by atoms with Gasteiger partial charge in [0, 0.05) is 10.0 Å². The van der Waals surface area contributed by atoms with Crippen LogP contribution >= 0.6 is 23.2 Å². The van der Waals surface area contributed by atoms with Gasteiger partial charge in [-0.15, -0.1) is 0 Å². The third-order valence-electron chi connectivity index (χ3n) is 3.75. The highest BCUT2D eigenvalue weighted by molar-refractivity contribution is 6.33. The van der Waals surface area contributed by atoms with E-state index in [4.69, 9.17) is 28.9 Å². The van der Waals surface area contributed by atoms with Gasteiger partial charge in [0.25, 0.3) is 0 Å². The first-order valence-electron chi connectivity index (χ1n) is 6.04. The summed E-state index contributed by atoms with van der Waals surface area (Å²) in [4.78, 5) is 0. The number of fused-ring (bicyclic) bond motifs is 1. The van der Waals surface area contributed by atoms with Crippen LogP contribution in [0.4, 0.5) is 4.39 Å². The Labute approximate surface area is 121 Å². The Morgan fingerprint density at radius 2 is 1.84 bits per heavy atom. The maximum absolute atomic E-state index is 13.3. The van der Waals surface area contributed by atoms with Crippen molar-refractivity contribution in [3.05, 3.63) is 69.0 Å². The summed E-state index contributed by atoms with van der Waals surface area (Å²) in [5, 5.41) is 1.18. The van der Waals surface area contributed by atoms with E-state index < -0.39 is 5.54 Å². The molecule has 0 bridgehead atoms. The van der Waals surface area contributed by atoms with E-state index in [2.05, 4.69) is 0 Å². The summed E-state index contributed by atoms with van der Waals surface area (Å²) < 4.78 is 13.3. The summed E-state index contributed by atoms with van der Waals surface area (Å²) in [6.07, 6.45) is 1.44. The van der Waals surface area contributed by atoms with Gasteiger partial charge in [0.1, 0.15) is 5.82 Å². The van der Waals surface area contributed by atoms with Gasteiger partial charge < -0.3 is 5.73 Å². The van der Waals surface area contributed by atoms with Crippen LogP contribution in [0.15, 0.2) is 36.4 Å². The molecule has 0 amide bonds. The Morgan fingerprint density at radius 1 is 1.05 bits per heavy atom. The van der Waals surface area contributed by atoms with Crippen LogP contribution < -0.4 is 5.73 Å². The minimum atomic E-state index is -0.689. The first kappa shape index (κ1) is 12.9. The molecule has 0 heterocycles. The van der Waals surface area contributed by atoms with Crippen molar-refractivity contribution in [1.29, 1.82) is 0 Å². The molecule has 0 spiro atoms. The second-order valence-electron chi connectivity index (χ2n) is 4.90. The highest BCUT2D eigenvalue weighted by Gasteiger charge is 2.38. The molecule has 0 fully saturated rings. The molecule has 2 aromatic rings. The van der Waals surface area contributed by atoms with E-state index in [0.717, 1.165) is 23.1 Å². The van der Waals surface area contributed by atoms with Gasteiger partial charge in [-0.25, -0.2) is 4.39 Å². The largest absolute Gasteiger partial charge is 0.318 e. The van der Waals surface area contributed by atoms with Crippen LogP contribution in [0, 0.1) is 5.82 Å². The van der Waals surface area contributed by atoms with Crippen molar-refractivity contribution in [2.75, 3.05) is 0 Å². The standard InChI is InChI=1S/C15H12Cl2FN/c16-10-1-4-14(17)13(8-10)15(19)6-5-9-7-11(18)2-3-12(9)15/h1-4,7-8H,5-6,19H2. The highest BCUT2D eigenvalue weighted by atomic mass is 35.5. The lowest BCUT2D eigenvalue weighted by molar-refractivity contribution is 0.535. The molecule has 0 aromatic heterocycles. The van der Waals surface area contributed by atoms with E-state index in [1.54, 1.807) is 30.3 Å². The fraction of sp³-hybridized carbons (Fsp3) is 0.200. The van der Waals surface area contributed by atoms with Crippen LogP contribution in [-0.4, -0.2) is 0 Å². The molecule has 1 aliphatic carbocycles. The van der Waals surface area contributed by atoms with Crippen LogP contribution in [0.25, 0.3) is 0 Å². The van der Waals surface area contributed by atoms with E-state index in [9.17, 15) is 4.39 Å². The molecule has 0 saturated carbocycles. The van der Waals surface area contributed by atoms with Gasteiger partial charge in [-0.2, -0.15) is 0 Å². The number of nitrogens with two attached hydrogens (primary N) is 1. The molecule has 2 N–H and O–H groups in total. The summed E-state index contributed by atoms with van der Waals surface area (Å²) in [6.45, 7) is 0. The van der Waals surface area contributed by atoms with E-state index in [1.165, 1.54) is 6.07 Å². The average Bonchev–Trinajstić information content (AvgIpc) is 2.70. The maximum atomic E-state index is 13.3. The normalized spacial score (nSPS) is 21.5.